The van der Waals surface area contributed by atoms with Crippen molar-refractivity contribution in [2.75, 3.05) is 5.73 Å². The monoisotopic (exact) mass is 312 g/mol. The number of nitriles is 1. The topological polar surface area (TPSA) is 118 Å². The van der Waals surface area contributed by atoms with E-state index >= 15 is 0 Å². The Balaban J connectivity index is 2.43. The lowest BCUT2D eigenvalue weighted by Gasteiger charge is -2.14. The summed E-state index contributed by atoms with van der Waals surface area (Å²) < 4.78 is 14.6. The van der Waals surface area contributed by atoms with Crippen LogP contribution in [0.5, 0.6) is 0 Å². The highest BCUT2D eigenvalue weighted by molar-refractivity contribution is 6.23. The van der Waals surface area contributed by atoms with Gasteiger partial charge in [-0.1, -0.05) is 0 Å². The molecule has 114 valence electrons. The highest BCUT2D eigenvalue weighted by Crippen LogP contribution is 2.26. The minimum atomic E-state index is -0.747. The molecule has 0 bridgehead atoms. The van der Waals surface area contributed by atoms with Crippen molar-refractivity contribution in [3.05, 3.63) is 56.6 Å². The number of nitrogens with one attached hydrogen (secondary N) is 1. The van der Waals surface area contributed by atoms with Crippen LogP contribution in [0, 0.1) is 24.1 Å². The van der Waals surface area contributed by atoms with Crippen molar-refractivity contribution in [3.8, 4) is 11.8 Å². The Morgan fingerprint density at radius 3 is 2.57 bits per heavy atom. The summed E-state index contributed by atoms with van der Waals surface area (Å²) in [4.78, 5) is 35.7. The summed E-state index contributed by atoms with van der Waals surface area (Å²) in [6.45, 7) is 1.51. The van der Waals surface area contributed by atoms with E-state index < -0.39 is 23.2 Å². The van der Waals surface area contributed by atoms with Crippen molar-refractivity contribution in [3.63, 3.8) is 0 Å². The minimum Gasteiger partial charge on any atom is -0.384 e. The number of carbonyl (C=O) groups excluding carboxylic acids is 2. The van der Waals surface area contributed by atoms with Crippen LogP contribution in [-0.2, 0) is 0 Å². The first-order valence-corrected chi connectivity index (χ1v) is 6.47. The number of pyridine rings is 1. The van der Waals surface area contributed by atoms with E-state index in [2.05, 4.69) is 0 Å². The fourth-order valence-corrected chi connectivity index (χ4v) is 2.58. The Morgan fingerprint density at radius 1 is 1.22 bits per heavy atom. The summed E-state index contributed by atoms with van der Waals surface area (Å²) in [5.74, 6) is -2.46. The number of hydrogen-bond acceptors (Lipinski definition) is 5. The summed E-state index contributed by atoms with van der Waals surface area (Å²) in [6.07, 6.45) is 0. The molecule has 1 aliphatic rings. The van der Waals surface area contributed by atoms with Crippen molar-refractivity contribution in [2.24, 2.45) is 0 Å². The van der Waals surface area contributed by atoms with Gasteiger partial charge in [-0.05, 0) is 24.6 Å². The predicted octanol–water partition coefficient (Wildman–Crippen LogP) is 0.622. The van der Waals surface area contributed by atoms with Gasteiger partial charge in [0.25, 0.3) is 17.4 Å². The molecule has 3 rings (SSSR count). The van der Waals surface area contributed by atoms with Crippen LogP contribution >= 0.6 is 0 Å². The van der Waals surface area contributed by atoms with Gasteiger partial charge in [0.1, 0.15) is 17.7 Å². The van der Waals surface area contributed by atoms with Crippen molar-refractivity contribution in [2.45, 2.75) is 6.92 Å². The molecule has 7 nitrogen and oxygen atoms in total. The number of anilines is 1. The van der Waals surface area contributed by atoms with E-state index in [-0.39, 0.29) is 28.2 Å². The van der Waals surface area contributed by atoms with E-state index in [0.717, 1.165) is 22.8 Å². The van der Waals surface area contributed by atoms with Crippen LogP contribution in [0.1, 0.15) is 31.8 Å². The lowest BCUT2D eigenvalue weighted by molar-refractivity contribution is 0.0880. The molecule has 0 saturated heterocycles. The number of halogens is 1. The minimum absolute atomic E-state index is 0.0462. The van der Waals surface area contributed by atoms with Gasteiger partial charge in [-0.2, -0.15) is 5.26 Å². The average Bonchev–Trinajstić information content (AvgIpc) is 2.73. The third-order valence-corrected chi connectivity index (χ3v) is 3.59. The van der Waals surface area contributed by atoms with Gasteiger partial charge >= 0.3 is 0 Å². The average molecular weight is 312 g/mol. The van der Waals surface area contributed by atoms with Crippen molar-refractivity contribution >= 4 is 17.6 Å². The molecular weight excluding hydrogens is 303 g/mol. The van der Waals surface area contributed by atoms with Crippen LogP contribution in [-0.4, -0.2) is 16.4 Å². The summed E-state index contributed by atoms with van der Waals surface area (Å²) in [6, 6.07) is 4.94. The van der Waals surface area contributed by atoms with E-state index in [1.807, 2.05) is 11.4 Å². The van der Waals surface area contributed by atoms with Gasteiger partial charge in [-0.25, -0.2) is 4.39 Å². The third kappa shape index (κ3) is 1.98. The summed E-state index contributed by atoms with van der Waals surface area (Å²) in [5, 5.41) is 11.3. The third-order valence-electron chi connectivity index (χ3n) is 3.59. The molecule has 8 heteroatoms. The SMILES string of the molecule is Cc1cc(F)cc(-n2c(N)c3c(cc2=O)C(=O)NC3=O)c1C#N. The number of rotatable bonds is 1. The molecule has 0 spiro atoms. The second-order valence-corrected chi connectivity index (χ2v) is 5.00. The van der Waals surface area contributed by atoms with E-state index in [4.69, 9.17) is 5.73 Å². The number of benzene rings is 1. The summed E-state index contributed by atoms with van der Waals surface area (Å²) in [5.41, 5.74) is 5.09. The number of imide groups is 1. The lowest BCUT2D eigenvalue weighted by Crippen LogP contribution is -2.25. The smallest absolute Gasteiger partial charge is 0.262 e. The molecule has 1 aromatic carbocycles. The maximum absolute atomic E-state index is 13.7. The first-order valence-electron chi connectivity index (χ1n) is 6.47. The lowest BCUT2D eigenvalue weighted by atomic mass is 10.1. The van der Waals surface area contributed by atoms with Crippen LogP contribution in [0.25, 0.3) is 5.69 Å². The van der Waals surface area contributed by atoms with E-state index in [0.29, 0.717) is 5.56 Å². The molecule has 0 radical (unpaired) electrons. The van der Waals surface area contributed by atoms with Crippen LogP contribution < -0.4 is 16.6 Å². The fourth-order valence-electron chi connectivity index (χ4n) is 2.58. The van der Waals surface area contributed by atoms with Gasteiger partial charge in [-0.15, -0.1) is 0 Å². The number of hydrogen-bond donors (Lipinski definition) is 2. The number of nitrogen functional groups attached to an aromatic ring is 1. The second-order valence-electron chi connectivity index (χ2n) is 5.00. The molecule has 0 fully saturated rings. The fraction of sp³-hybridized carbons (Fsp3) is 0.0667. The number of nitrogens with zero attached hydrogens (tertiary/aromatic N) is 2. The molecule has 2 heterocycles. The second kappa shape index (κ2) is 4.78. The Kier molecular flexibility index (Phi) is 3.00. The van der Waals surface area contributed by atoms with E-state index in [1.54, 1.807) is 0 Å². The Hall–Kier alpha value is -3.47. The molecule has 23 heavy (non-hydrogen) atoms. The molecule has 1 aliphatic heterocycles. The Labute approximate surface area is 128 Å². The molecule has 0 atom stereocenters. The summed E-state index contributed by atoms with van der Waals surface area (Å²) >= 11 is 0. The molecule has 0 saturated carbocycles. The number of fused-ring (bicyclic) bond motifs is 1. The highest BCUT2D eigenvalue weighted by Gasteiger charge is 2.32. The molecule has 0 unspecified atom stereocenters. The van der Waals surface area contributed by atoms with Gasteiger partial charge in [0, 0.05) is 6.07 Å². The molecule has 3 N–H and O–H groups in total. The Morgan fingerprint density at radius 2 is 1.91 bits per heavy atom. The molecule has 2 amide bonds. The van der Waals surface area contributed by atoms with Crippen molar-refractivity contribution in [1.29, 1.82) is 5.26 Å². The quantitative estimate of drug-likeness (QED) is 0.748. The predicted molar refractivity (Wildman–Crippen MR) is 77.7 cm³/mol. The van der Waals surface area contributed by atoms with Crippen LogP contribution in [0.4, 0.5) is 10.2 Å². The summed E-state index contributed by atoms with van der Waals surface area (Å²) in [7, 11) is 0. The normalized spacial score (nSPS) is 12.7. The first-order chi connectivity index (χ1) is 10.8. The zero-order valence-electron chi connectivity index (χ0n) is 11.8. The zero-order chi connectivity index (χ0) is 16.9. The van der Waals surface area contributed by atoms with Gasteiger partial charge in [-0.3, -0.25) is 24.3 Å². The first kappa shape index (κ1) is 14.5. The maximum atomic E-state index is 13.7. The Bertz CT molecular complexity index is 1000. The number of aryl methyl sites for hydroxylation is 1. The standard InChI is InChI=1S/C15H9FN4O3/c1-6-2-7(16)3-10(9(6)5-17)20-11(21)4-8-12(13(20)18)15(23)19-14(8)22/h2-4H,18H2,1H3,(H,19,22,23). The van der Waals surface area contributed by atoms with E-state index in [9.17, 15) is 24.0 Å². The number of amides is 2. The molecule has 1 aromatic heterocycles. The number of carbonyl (C=O) groups is 2. The van der Waals surface area contributed by atoms with Gasteiger partial charge < -0.3 is 5.73 Å². The number of aromatic nitrogens is 1. The van der Waals surface area contributed by atoms with Gasteiger partial charge in [0.2, 0.25) is 0 Å². The van der Waals surface area contributed by atoms with Crippen LogP contribution in [0.3, 0.4) is 0 Å². The zero-order valence-corrected chi connectivity index (χ0v) is 11.8. The largest absolute Gasteiger partial charge is 0.384 e. The van der Waals surface area contributed by atoms with Crippen LogP contribution in [0.2, 0.25) is 0 Å². The van der Waals surface area contributed by atoms with Crippen molar-refractivity contribution < 1.29 is 14.0 Å². The highest BCUT2D eigenvalue weighted by atomic mass is 19.1. The van der Waals surface area contributed by atoms with Crippen LogP contribution in [0.15, 0.2) is 23.0 Å². The maximum Gasteiger partial charge on any atom is 0.262 e. The molecular formula is C15H9FN4O3. The van der Waals surface area contributed by atoms with Crippen molar-refractivity contribution in [1.82, 2.24) is 9.88 Å². The van der Waals surface area contributed by atoms with Gasteiger partial charge in [0.05, 0.1) is 22.4 Å². The van der Waals surface area contributed by atoms with Gasteiger partial charge in [0.15, 0.2) is 0 Å². The molecule has 2 aromatic rings. The molecule has 0 aliphatic carbocycles. The number of nitrogens with two attached hydrogens (primary N) is 1. The van der Waals surface area contributed by atoms with E-state index in [1.165, 1.54) is 6.92 Å².